The van der Waals surface area contributed by atoms with E-state index >= 15 is 0 Å². The van der Waals surface area contributed by atoms with Crippen LogP contribution in [0.5, 0.6) is 0 Å². The van der Waals surface area contributed by atoms with Crippen LogP contribution in [0.4, 0.5) is 5.82 Å². The van der Waals surface area contributed by atoms with Crippen molar-refractivity contribution in [2.75, 3.05) is 44.7 Å². The second-order valence-corrected chi connectivity index (χ2v) is 8.64. The highest BCUT2D eigenvalue weighted by atomic mass is 35.5. The predicted molar refractivity (Wildman–Crippen MR) is 118 cm³/mol. The number of anilines is 1. The standard InChI is InChI=1S/C22H30ClN5O2/c1-16-14-27(21-20(23)12-17(13-25-21)22(29)24-2)9-10-28(16)18-5-7-26(8-6-18)15-19-4-3-11-30-19/h3-4,11-13,16,18H,5-10,14-15H2,1-2H3,(H,24,29)/t16-/m0/s1. The van der Waals surface area contributed by atoms with Crippen molar-refractivity contribution in [3.8, 4) is 0 Å². The lowest BCUT2D eigenvalue weighted by molar-refractivity contribution is 0.0668. The zero-order chi connectivity index (χ0) is 21.1. The summed E-state index contributed by atoms with van der Waals surface area (Å²) in [5, 5.41) is 3.14. The van der Waals surface area contributed by atoms with Crippen molar-refractivity contribution in [3.05, 3.63) is 47.0 Å². The highest BCUT2D eigenvalue weighted by Crippen LogP contribution is 2.28. The van der Waals surface area contributed by atoms with Gasteiger partial charge in [0.15, 0.2) is 0 Å². The highest BCUT2D eigenvalue weighted by Gasteiger charge is 2.32. The fourth-order valence-corrected chi connectivity index (χ4v) is 4.96. The van der Waals surface area contributed by atoms with Crippen LogP contribution in [0.2, 0.25) is 5.02 Å². The quantitative estimate of drug-likeness (QED) is 0.785. The molecule has 2 aliphatic heterocycles. The molecule has 0 saturated carbocycles. The maximum Gasteiger partial charge on any atom is 0.252 e. The number of pyridine rings is 1. The molecule has 7 nitrogen and oxygen atoms in total. The summed E-state index contributed by atoms with van der Waals surface area (Å²) in [6, 6.07) is 6.75. The van der Waals surface area contributed by atoms with E-state index in [0.717, 1.165) is 50.8 Å². The van der Waals surface area contributed by atoms with Gasteiger partial charge in [-0.2, -0.15) is 0 Å². The number of rotatable bonds is 5. The molecule has 0 radical (unpaired) electrons. The van der Waals surface area contributed by atoms with Gasteiger partial charge in [0, 0.05) is 58.1 Å². The molecule has 30 heavy (non-hydrogen) atoms. The second-order valence-electron chi connectivity index (χ2n) is 8.23. The summed E-state index contributed by atoms with van der Waals surface area (Å²) in [5.41, 5.74) is 0.485. The number of furan rings is 1. The molecule has 1 N–H and O–H groups in total. The van der Waals surface area contributed by atoms with Gasteiger partial charge in [0.05, 0.1) is 23.4 Å². The average Bonchev–Trinajstić information content (AvgIpc) is 3.27. The fourth-order valence-electron chi connectivity index (χ4n) is 4.67. The third-order valence-electron chi connectivity index (χ3n) is 6.28. The lowest BCUT2D eigenvalue weighted by atomic mass is 9.99. The van der Waals surface area contributed by atoms with E-state index in [1.165, 1.54) is 12.8 Å². The number of nitrogens with one attached hydrogen (secondary N) is 1. The number of hydrogen-bond donors (Lipinski definition) is 1. The van der Waals surface area contributed by atoms with Gasteiger partial charge in [-0.3, -0.25) is 14.6 Å². The molecule has 2 fully saturated rings. The van der Waals surface area contributed by atoms with Gasteiger partial charge in [-0.25, -0.2) is 4.98 Å². The monoisotopic (exact) mass is 431 g/mol. The zero-order valence-corrected chi connectivity index (χ0v) is 18.4. The number of piperidine rings is 1. The summed E-state index contributed by atoms with van der Waals surface area (Å²) in [5.74, 6) is 1.64. The molecule has 0 unspecified atom stereocenters. The van der Waals surface area contributed by atoms with Crippen LogP contribution in [-0.4, -0.2) is 72.5 Å². The molecule has 2 aliphatic rings. The van der Waals surface area contributed by atoms with E-state index in [1.54, 1.807) is 25.6 Å². The maximum atomic E-state index is 11.8. The zero-order valence-electron chi connectivity index (χ0n) is 17.7. The van der Waals surface area contributed by atoms with Crippen molar-refractivity contribution in [1.29, 1.82) is 0 Å². The lowest BCUT2D eigenvalue weighted by Crippen LogP contribution is -2.57. The van der Waals surface area contributed by atoms with Crippen molar-refractivity contribution < 1.29 is 9.21 Å². The summed E-state index contributed by atoms with van der Waals surface area (Å²) in [4.78, 5) is 23.6. The number of carbonyl (C=O) groups is 1. The number of halogens is 1. The highest BCUT2D eigenvalue weighted by molar-refractivity contribution is 6.33. The number of carbonyl (C=O) groups excluding carboxylic acids is 1. The molecular weight excluding hydrogens is 402 g/mol. The van der Waals surface area contributed by atoms with Crippen molar-refractivity contribution >= 4 is 23.3 Å². The molecule has 1 amide bonds. The van der Waals surface area contributed by atoms with E-state index in [9.17, 15) is 4.79 Å². The van der Waals surface area contributed by atoms with Crippen LogP contribution >= 0.6 is 11.6 Å². The van der Waals surface area contributed by atoms with Gasteiger partial charge in [0.1, 0.15) is 11.6 Å². The Labute approximate surface area is 183 Å². The molecule has 2 aromatic rings. The molecule has 0 bridgehead atoms. The van der Waals surface area contributed by atoms with Crippen molar-refractivity contribution in [3.63, 3.8) is 0 Å². The first kappa shape index (κ1) is 21.2. The maximum absolute atomic E-state index is 11.8. The summed E-state index contributed by atoms with van der Waals surface area (Å²) >= 11 is 6.46. The molecule has 162 valence electrons. The Kier molecular flexibility index (Phi) is 6.61. The van der Waals surface area contributed by atoms with E-state index in [1.807, 2.05) is 12.1 Å². The van der Waals surface area contributed by atoms with Gasteiger partial charge in [-0.1, -0.05) is 11.6 Å². The van der Waals surface area contributed by atoms with Crippen LogP contribution in [0.15, 0.2) is 35.1 Å². The number of piperazine rings is 1. The Balaban J connectivity index is 1.32. The van der Waals surface area contributed by atoms with Gasteiger partial charge in [-0.15, -0.1) is 0 Å². The van der Waals surface area contributed by atoms with Gasteiger partial charge in [-0.05, 0) is 38.0 Å². The van der Waals surface area contributed by atoms with Gasteiger partial charge >= 0.3 is 0 Å². The Hall–Kier alpha value is -2.09. The van der Waals surface area contributed by atoms with E-state index in [-0.39, 0.29) is 5.91 Å². The van der Waals surface area contributed by atoms with Crippen LogP contribution in [-0.2, 0) is 6.54 Å². The van der Waals surface area contributed by atoms with Crippen molar-refractivity contribution in [2.45, 2.75) is 38.4 Å². The fraction of sp³-hybridized carbons (Fsp3) is 0.545. The van der Waals surface area contributed by atoms with Crippen LogP contribution in [0.3, 0.4) is 0 Å². The van der Waals surface area contributed by atoms with E-state index < -0.39 is 0 Å². The number of amides is 1. The molecule has 0 aromatic carbocycles. The third kappa shape index (κ3) is 4.63. The normalized spacial score (nSPS) is 21.7. The van der Waals surface area contributed by atoms with Crippen molar-refractivity contribution in [1.82, 2.24) is 20.1 Å². The summed E-state index contributed by atoms with van der Waals surface area (Å²) < 4.78 is 5.49. The minimum Gasteiger partial charge on any atom is -0.468 e. The molecule has 8 heteroatoms. The largest absolute Gasteiger partial charge is 0.468 e. The lowest BCUT2D eigenvalue weighted by Gasteiger charge is -2.46. The Morgan fingerprint density at radius 1 is 1.30 bits per heavy atom. The number of nitrogens with zero attached hydrogens (tertiary/aromatic N) is 4. The molecule has 2 saturated heterocycles. The number of likely N-dealkylation sites (tertiary alicyclic amines) is 1. The molecule has 4 rings (SSSR count). The predicted octanol–water partition coefficient (Wildman–Crippen LogP) is 2.86. The second kappa shape index (κ2) is 9.37. The summed E-state index contributed by atoms with van der Waals surface area (Å²) in [6.45, 7) is 8.17. The molecule has 1 atom stereocenters. The summed E-state index contributed by atoms with van der Waals surface area (Å²) in [7, 11) is 1.60. The SMILES string of the molecule is CNC(=O)c1cnc(N2CCN(C3CCN(Cc4ccco4)CC3)[C@@H](C)C2)c(Cl)c1. The molecular formula is C22H30ClN5O2. The first-order chi connectivity index (χ1) is 14.5. The Morgan fingerprint density at radius 3 is 2.73 bits per heavy atom. The Bertz CT molecular complexity index is 851. The van der Waals surface area contributed by atoms with Gasteiger partial charge in [0.2, 0.25) is 0 Å². The minimum absolute atomic E-state index is 0.174. The number of hydrogen-bond acceptors (Lipinski definition) is 6. The van der Waals surface area contributed by atoms with Crippen molar-refractivity contribution in [2.24, 2.45) is 0 Å². The summed E-state index contributed by atoms with van der Waals surface area (Å²) in [6.07, 6.45) is 5.72. The third-order valence-corrected chi connectivity index (χ3v) is 6.55. The smallest absolute Gasteiger partial charge is 0.252 e. The molecule has 4 heterocycles. The van der Waals surface area contributed by atoms with Crippen LogP contribution in [0.1, 0.15) is 35.9 Å². The van der Waals surface area contributed by atoms with E-state index in [0.29, 0.717) is 22.7 Å². The molecule has 0 spiro atoms. The minimum atomic E-state index is -0.174. The van der Waals surface area contributed by atoms with Crippen LogP contribution in [0, 0.1) is 0 Å². The first-order valence-electron chi connectivity index (χ1n) is 10.7. The topological polar surface area (TPSA) is 64.9 Å². The van der Waals surface area contributed by atoms with E-state index in [4.69, 9.17) is 16.0 Å². The molecule has 2 aromatic heterocycles. The van der Waals surface area contributed by atoms with Gasteiger partial charge < -0.3 is 14.6 Å². The molecule has 0 aliphatic carbocycles. The van der Waals surface area contributed by atoms with Gasteiger partial charge in [0.25, 0.3) is 5.91 Å². The number of aromatic nitrogens is 1. The average molecular weight is 432 g/mol. The van der Waals surface area contributed by atoms with E-state index in [2.05, 4.69) is 31.9 Å². The van der Waals surface area contributed by atoms with Crippen LogP contribution in [0.25, 0.3) is 0 Å². The van der Waals surface area contributed by atoms with Crippen LogP contribution < -0.4 is 10.2 Å². The first-order valence-corrected chi connectivity index (χ1v) is 11.1. The Morgan fingerprint density at radius 2 is 2.10 bits per heavy atom.